The van der Waals surface area contributed by atoms with Crippen LogP contribution >= 0.6 is 0 Å². The Balaban J connectivity index is 1.74. The molecule has 0 saturated carbocycles. The van der Waals surface area contributed by atoms with Crippen LogP contribution in [0.4, 0.5) is 5.82 Å². The number of nitrogens with zero attached hydrogens (tertiary/aromatic N) is 3. The van der Waals surface area contributed by atoms with Crippen molar-refractivity contribution in [3.05, 3.63) is 90.5 Å². The van der Waals surface area contributed by atoms with Crippen molar-refractivity contribution in [2.24, 2.45) is 4.99 Å². The van der Waals surface area contributed by atoms with Crippen LogP contribution in [0.3, 0.4) is 0 Å². The summed E-state index contributed by atoms with van der Waals surface area (Å²) in [6, 6.07) is 27.9. The minimum Gasteiger partial charge on any atom is -0.494 e. The molecule has 4 rings (SSSR count). The lowest BCUT2D eigenvalue weighted by Gasteiger charge is -2.10. The maximum atomic E-state index is 5.81. The number of hydrogen-bond acceptors (Lipinski definition) is 4. The molecule has 3 aromatic carbocycles. The van der Waals surface area contributed by atoms with E-state index in [9.17, 15) is 0 Å². The Morgan fingerprint density at radius 3 is 2.26 bits per heavy atom. The molecule has 0 spiro atoms. The molecule has 0 aliphatic heterocycles. The fourth-order valence-corrected chi connectivity index (χ4v) is 3.27. The van der Waals surface area contributed by atoms with Gasteiger partial charge in [0.15, 0.2) is 5.82 Å². The van der Waals surface area contributed by atoms with E-state index in [2.05, 4.69) is 0 Å². The normalized spacial score (nSPS) is 11.0. The Hall–Kier alpha value is -3.86. The topological polar surface area (TPSA) is 48.6 Å². The van der Waals surface area contributed by atoms with Crippen molar-refractivity contribution in [2.45, 2.75) is 13.8 Å². The first-order chi connectivity index (χ1) is 15.3. The number of hydrogen-bond donors (Lipinski definition) is 0. The molecule has 1 heterocycles. The summed E-state index contributed by atoms with van der Waals surface area (Å²) in [5.74, 6) is 2.26. The first kappa shape index (κ1) is 20.4. The van der Waals surface area contributed by atoms with Gasteiger partial charge in [0.1, 0.15) is 11.5 Å². The first-order valence-corrected chi connectivity index (χ1v) is 10.4. The van der Waals surface area contributed by atoms with E-state index in [1.54, 1.807) is 0 Å². The van der Waals surface area contributed by atoms with Crippen LogP contribution in [-0.2, 0) is 0 Å². The number of benzene rings is 3. The molecule has 0 bridgehead atoms. The second-order valence-corrected chi connectivity index (χ2v) is 6.83. The maximum Gasteiger partial charge on any atom is 0.156 e. The van der Waals surface area contributed by atoms with Crippen LogP contribution in [0.2, 0.25) is 0 Å². The number of rotatable bonds is 8. The fraction of sp³-hybridized carbons (Fsp3) is 0.154. The van der Waals surface area contributed by atoms with Crippen LogP contribution in [0, 0.1) is 0 Å². The second-order valence-electron chi connectivity index (χ2n) is 6.83. The van der Waals surface area contributed by atoms with E-state index in [4.69, 9.17) is 19.6 Å². The molecule has 0 aliphatic rings. The van der Waals surface area contributed by atoms with Crippen LogP contribution < -0.4 is 9.47 Å². The Labute approximate surface area is 182 Å². The highest BCUT2D eigenvalue weighted by Crippen LogP contribution is 2.28. The van der Waals surface area contributed by atoms with Crippen molar-refractivity contribution in [1.29, 1.82) is 0 Å². The largest absolute Gasteiger partial charge is 0.494 e. The average Bonchev–Trinajstić information content (AvgIpc) is 3.24. The molecule has 0 amide bonds. The lowest BCUT2D eigenvalue weighted by atomic mass is 10.1. The van der Waals surface area contributed by atoms with Gasteiger partial charge in [0.05, 0.1) is 24.6 Å². The molecule has 4 aromatic rings. The van der Waals surface area contributed by atoms with Crippen LogP contribution in [0.25, 0.3) is 16.9 Å². The van der Waals surface area contributed by atoms with E-state index in [-0.39, 0.29) is 0 Å². The van der Waals surface area contributed by atoms with Crippen molar-refractivity contribution in [3.8, 4) is 28.4 Å². The van der Waals surface area contributed by atoms with Crippen molar-refractivity contribution >= 4 is 12.0 Å². The fourth-order valence-electron chi connectivity index (χ4n) is 3.27. The van der Waals surface area contributed by atoms with Crippen molar-refractivity contribution in [1.82, 2.24) is 9.78 Å². The highest BCUT2D eigenvalue weighted by molar-refractivity contribution is 5.86. The zero-order chi connectivity index (χ0) is 21.5. The van der Waals surface area contributed by atoms with Crippen molar-refractivity contribution in [2.75, 3.05) is 13.2 Å². The second kappa shape index (κ2) is 9.76. The smallest absolute Gasteiger partial charge is 0.156 e. The van der Waals surface area contributed by atoms with Gasteiger partial charge in [0, 0.05) is 29.5 Å². The molecule has 0 saturated heterocycles. The Bertz CT molecular complexity index is 1150. The standard InChI is InChI=1S/C26H25N3O2/c1-3-30-23-16-15-21(25(17-23)31-4-2)19-27-26-18-24(20-11-7-5-8-12-20)28-29(26)22-13-9-6-10-14-22/h5-19H,3-4H2,1-2H3. The van der Waals surface area contributed by atoms with E-state index in [0.717, 1.165) is 39.8 Å². The summed E-state index contributed by atoms with van der Waals surface area (Å²) in [5, 5.41) is 4.81. The molecule has 5 heteroatoms. The highest BCUT2D eigenvalue weighted by Gasteiger charge is 2.11. The van der Waals surface area contributed by atoms with Gasteiger partial charge in [-0.25, -0.2) is 9.67 Å². The molecule has 0 fully saturated rings. The van der Waals surface area contributed by atoms with Gasteiger partial charge < -0.3 is 9.47 Å². The molecule has 156 valence electrons. The van der Waals surface area contributed by atoms with Gasteiger partial charge in [0.25, 0.3) is 0 Å². The number of aliphatic imine (C=N–C) groups is 1. The summed E-state index contributed by atoms with van der Waals surface area (Å²) < 4.78 is 13.3. The van der Waals surface area contributed by atoms with Gasteiger partial charge in [-0.3, -0.25) is 0 Å². The van der Waals surface area contributed by atoms with Crippen LogP contribution in [0.1, 0.15) is 19.4 Å². The zero-order valence-corrected chi connectivity index (χ0v) is 17.7. The predicted molar refractivity (Wildman–Crippen MR) is 125 cm³/mol. The molecule has 0 unspecified atom stereocenters. The highest BCUT2D eigenvalue weighted by atomic mass is 16.5. The van der Waals surface area contributed by atoms with Gasteiger partial charge in [-0.1, -0.05) is 48.5 Å². The molecule has 0 N–H and O–H groups in total. The van der Waals surface area contributed by atoms with Crippen LogP contribution in [-0.4, -0.2) is 29.2 Å². The molecular weight excluding hydrogens is 386 g/mol. The maximum absolute atomic E-state index is 5.81. The minimum absolute atomic E-state index is 0.566. The van der Waals surface area contributed by atoms with Crippen LogP contribution in [0.5, 0.6) is 11.5 Å². The number of aromatic nitrogens is 2. The Morgan fingerprint density at radius 2 is 1.55 bits per heavy atom. The molecule has 1 aromatic heterocycles. The average molecular weight is 412 g/mol. The van der Waals surface area contributed by atoms with E-state index in [1.165, 1.54) is 0 Å². The molecule has 0 aliphatic carbocycles. The van der Waals surface area contributed by atoms with Gasteiger partial charge in [-0.15, -0.1) is 0 Å². The third-order valence-electron chi connectivity index (χ3n) is 4.69. The number of ether oxygens (including phenoxy) is 2. The summed E-state index contributed by atoms with van der Waals surface area (Å²) in [4.78, 5) is 4.77. The molecule has 5 nitrogen and oxygen atoms in total. The third kappa shape index (κ3) is 4.83. The Kier molecular flexibility index (Phi) is 6.43. The minimum atomic E-state index is 0.566. The Morgan fingerprint density at radius 1 is 0.839 bits per heavy atom. The zero-order valence-electron chi connectivity index (χ0n) is 17.7. The van der Waals surface area contributed by atoms with E-state index < -0.39 is 0 Å². The van der Waals surface area contributed by atoms with E-state index in [0.29, 0.717) is 13.2 Å². The molecule has 0 atom stereocenters. The number of para-hydroxylation sites is 1. The van der Waals surface area contributed by atoms with Gasteiger partial charge in [-0.2, -0.15) is 5.10 Å². The van der Waals surface area contributed by atoms with Crippen molar-refractivity contribution < 1.29 is 9.47 Å². The van der Waals surface area contributed by atoms with Crippen LogP contribution in [0.15, 0.2) is 89.9 Å². The van der Waals surface area contributed by atoms with Gasteiger partial charge in [-0.05, 0) is 38.1 Å². The SMILES string of the molecule is CCOc1ccc(C=Nc2cc(-c3ccccc3)nn2-c2ccccc2)c(OCC)c1. The quantitative estimate of drug-likeness (QED) is 0.330. The van der Waals surface area contributed by atoms with Gasteiger partial charge in [0.2, 0.25) is 0 Å². The summed E-state index contributed by atoms with van der Waals surface area (Å²) in [7, 11) is 0. The first-order valence-electron chi connectivity index (χ1n) is 10.4. The summed E-state index contributed by atoms with van der Waals surface area (Å²) >= 11 is 0. The monoisotopic (exact) mass is 411 g/mol. The molecular formula is C26H25N3O2. The van der Waals surface area contributed by atoms with E-state index >= 15 is 0 Å². The third-order valence-corrected chi connectivity index (χ3v) is 4.69. The van der Waals surface area contributed by atoms with Crippen molar-refractivity contribution in [3.63, 3.8) is 0 Å². The summed E-state index contributed by atoms with van der Waals surface area (Å²) in [5.41, 5.74) is 3.75. The van der Waals surface area contributed by atoms with Gasteiger partial charge >= 0.3 is 0 Å². The summed E-state index contributed by atoms with van der Waals surface area (Å²) in [6.45, 7) is 5.10. The van der Waals surface area contributed by atoms with E-state index in [1.807, 2.05) is 110 Å². The predicted octanol–water partition coefficient (Wildman–Crippen LogP) is 6.09. The molecule has 0 radical (unpaired) electrons. The lowest BCUT2D eigenvalue weighted by Crippen LogP contribution is -1.99. The molecule has 31 heavy (non-hydrogen) atoms. The lowest BCUT2D eigenvalue weighted by molar-refractivity contribution is 0.323. The summed E-state index contributed by atoms with van der Waals surface area (Å²) in [6.07, 6.45) is 1.81.